The Balaban J connectivity index is 1.95. The maximum Gasteiger partial charge on any atom is 0.326 e. The number of carbonyl (C=O) groups excluding carboxylic acids is 1. The topological polar surface area (TPSA) is 90.7 Å². The first kappa shape index (κ1) is 14.5. The molecule has 1 fully saturated rings. The van der Waals surface area contributed by atoms with Crippen molar-refractivity contribution in [1.82, 2.24) is 9.88 Å². The van der Waals surface area contributed by atoms with Crippen LogP contribution in [0.5, 0.6) is 0 Å². The molecule has 2 rings (SSSR count). The van der Waals surface area contributed by atoms with E-state index in [0.717, 1.165) is 5.56 Å². The molecule has 0 aromatic carbocycles. The molecule has 1 aliphatic heterocycles. The van der Waals surface area contributed by atoms with Crippen LogP contribution in [0.1, 0.15) is 24.8 Å². The molecule has 2 heterocycles. The average Bonchev–Trinajstić information content (AvgIpc) is 2.45. The second-order valence-corrected chi connectivity index (χ2v) is 4.98. The summed E-state index contributed by atoms with van der Waals surface area (Å²) in [5, 5.41) is 18.7. The van der Waals surface area contributed by atoms with Gasteiger partial charge in [-0.25, -0.2) is 4.79 Å². The number of amides is 1. The van der Waals surface area contributed by atoms with Gasteiger partial charge in [-0.2, -0.15) is 0 Å². The highest BCUT2D eigenvalue weighted by Crippen LogP contribution is 2.19. The van der Waals surface area contributed by atoms with Crippen molar-refractivity contribution in [2.24, 2.45) is 0 Å². The molecule has 0 saturated carbocycles. The first-order valence-electron chi connectivity index (χ1n) is 6.67. The largest absolute Gasteiger partial charge is 0.480 e. The molecule has 1 aromatic rings. The molecule has 20 heavy (non-hydrogen) atoms. The van der Waals surface area contributed by atoms with Crippen molar-refractivity contribution in [3.05, 3.63) is 30.1 Å². The Kier molecular flexibility index (Phi) is 4.68. The van der Waals surface area contributed by atoms with Gasteiger partial charge in [-0.1, -0.05) is 6.07 Å². The highest BCUT2D eigenvalue weighted by molar-refractivity contribution is 5.84. The van der Waals surface area contributed by atoms with Crippen LogP contribution in [0.3, 0.4) is 0 Å². The highest BCUT2D eigenvalue weighted by Gasteiger charge is 2.35. The minimum Gasteiger partial charge on any atom is -0.480 e. The van der Waals surface area contributed by atoms with Gasteiger partial charge in [0.2, 0.25) is 5.91 Å². The molecule has 0 bridgehead atoms. The van der Waals surface area contributed by atoms with Gasteiger partial charge in [0.1, 0.15) is 6.04 Å². The van der Waals surface area contributed by atoms with Crippen LogP contribution in [0, 0.1) is 0 Å². The Labute approximate surface area is 117 Å². The molecule has 0 unspecified atom stereocenters. The standard InChI is InChI=1S/C14H18N2O4/c17-11-5-7-16(12(8-11)14(19)20)13(18)4-3-10-2-1-6-15-9-10/h1-2,6,9,11-12,17H,3-5,7-8H2,(H,19,20)/t11-,12+/m1/s1. The molecule has 1 amide bonds. The lowest BCUT2D eigenvalue weighted by Crippen LogP contribution is -2.51. The molecule has 108 valence electrons. The SMILES string of the molecule is O=C(O)[C@@H]1C[C@H](O)CCN1C(=O)CCc1cccnc1. The molecule has 0 radical (unpaired) electrons. The van der Waals surface area contributed by atoms with E-state index < -0.39 is 18.1 Å². The van der Waals surface area contributed by atoms with E-state index in [0.29, 0.717) is 19.4 Å². The van der Waals surface area contributed by atoms with Gasteiger partial charge in [0.25, 0.3) is 0 Å². The van der Waals surface area contributed by atoms with Crippen molar-refractivity contribution in [3.8, 4) is 0 Å². The fourth-order valence-electron chi connectivity index (χ4n) is 2.42. The number of carboxylic acid groups (broad SMARTS) is 1. The molecule has 1 saturated heterocycles. The molecular formula is C14H18N2O4. The Morgan fingerprint density at radius 3 is 2.90 bits per heavy atom. The molecule has 1 aliphatic rings. The number of carboxylic acids is 1. The van der Waals surface area contributed by atoms with Gasteiger partial charge < -0.3 is 15.1 Å². The third-order valence-electron chi connectivity index (χ3n) is 3.53. The summed E-state index contributed by atoms with van der Waals surface area (Å²) in [6, 6.07) is 2.77. The molecule has 0 spiro atoms. The van der Waals surface area contributed by atoms with Crippen molar-refractivity contribution in [2.75, 3.05) is 6.54 Å². The summed E-state index contributed by atoms with van der Waals surface area (Å²) in [5.41, 5.74) is 0.949. The van der Waals surface area contributed by atoms with Gasteiger partial charge in [0.15, 0.2) is 0 Å². The average molecular weight is 278 g/mol. The second-order valence-electron chi connectivity index (χ2n) is 4.98. The normalized spacial score (nSPS) is 22.6. The third-order valence-corrected chi connectivity index (χ3v) is 3.53. The molecular weight excluding hydrogens is 260 g/mol. The zero-order valence-corrected chi connectivity index (χ0v) is 11.1. The van der Waals surface area contributed by atoms with Crippen molar-refractivity contribution < 1.29 is 19.8 Å². The Hall–Kier alpha value is -1.95. The quantitative estimate of drug-likeness (QED) is 0.834. The van der Waals surface area contributed by atoms with E-state index in [1.165, 1.54) is 4.90 Å². The van der Waals surface area contributed by atoms with Crippen LogP contribution < -0.4 is 0 Å². The van der Waals surface area contributed by atoms with Crippen molar-refractivity contribution in [1.29, 1.82) is 0 Å². The number of aromatic nitrogens is 1. The molecule has 1 aromatic heterocycles. The van der Waals surface area contributed by atoms with Crippen LogP contribution in [-0.4, -0.2) is 50.7 Å². The maximum atomic E-state index is 12.2. The number of rotatable bonds is 4. The van der Waals surface area contributed by atoms with Crippen molar-refractivity contribution in [2.45, 2.75) is 37.8 Å². The lowest BCUT2D eigenvalue weighted by Gasteiger charge is -2.35. The zero-order valence-electron chi connectivity index (χ0n) is 11.1. The van der Waals surface area contributed by atoms with Crippen LogP contribution in [0.4, 0.5) is 0 Å². The van der Waals surface area contributed by atoms with Crippen LogP contribution in [0.15, 0.2) is 24.5 Å². The number of nitrogens with zero attached hydrogens (tertiary/aromatic N) is 2. The third kappa shape index (κ3) is 3.54. The van der Waals surface area contributed by atoms with E-state index in [2.05, 4.69) is 4.98 Å². The smallest absolute Gasteiger partial charge is 0.326 e. The number of hydrogen-bond donors (Lipinski definition) is 2. The fourth-order valence-corrected chi connectivity index (χ4v) is 2.42. The van der Waals surface area contributed by atoms with Crippen LogP contribution in [-0.2, 0) is 16.0 Å². The van der Waals surface area contributed by atoms with Crippen LogP contribution in [0.25, 0.3) is 0 Å². The summed E-state index contributed by atoms with van der Waals surface area (Å²) in [7, 11) is 0. The number of carbonyl (C=O) groups is 2. The van der Waals surface area contributed by atoms with Gasteiger partial charge in [-0.3, -0.25) is 9.78 Å². The van der Waals surface area contributed by atoms with Gasteiger partial charge in [-0.15, -0.1) is 0 Å². The summed E-state index contributed by atoms with van der Waals surface area (Å²) in [6.45, 7) is 0.296. The number of aliphatic hydroxyl groups excluding tert-OH is 1. The van der Waals surface area contributed by atoms with Gasteiger partial charge in [-0.05, 0) is 24.5 Å². The summed E-state index contributed by atoms with van der Waals surface area (Å²) in [5.74, 6) is -1.24. The van der Waals surface area contributed by atoms with E-state index in [-0.39, 0.29) is 18.7 Å². The summed E-state index contributed by atoms with van der Waals surface area (Å²) < 4.78 is 0. The van der Waals surface area contributed by atoms with Gasteiger partial charge in [0, 0.05) is 31.8 Å². The number of pyridine rings is 1. The number of hydrogen-bond acceptors (Lipinski definition) is 4. The molecule has 0 aliphatic carbocycles. The van der Waals surface area contributed by atoms with Crippen LogP contribution >= 0.6 is 0 Å². The number of aliphatic carboxylic acids is 1. The summed E-state index contributed by atoms with van der Waals surface area (Å²) >= 11 is 0. The number of aryl methyl sites for hydroxylation is 1. The lowest BCUT2D eigenvalue weighted by molar-refractivity contribution is -0.154. The van der Waals surface area contributed by atoms with Crippen molar-refractivity contribution in [3.63, 3.8) is 0 Å². The first-order chi connectivity index (χ1) is 9.58. The Morgan fingerprint density at radius 2 is 2.25 bits per heavy atom. The van der Waals surface area contributed by atoms with Crippen molar-refractivity contribution >= 4 is 11.9 Å². The Bertz CT molecular complexity index is 477. The van der Waals surface area contributed by atoms with E-state index in [1.54, 1.807) is 18.5 Å². The number of aliphatic hydroxyl groups is 1. The molecule has 2 atom stereocenters. The monoisotopic (exact) mass is 278 g/mol. The zero-order chi connectivity index (χ0) is 14.5. The second kappa shape index (κ2) is 6.47. The van der Waals surface area contributed by atoms with E-state index in [1.807, 2.05) is 6.07 Å². The maximum absolute atomic E-state index is 12.2. The minimum absolute atomic E-state index is 0.105. The fraction of sp³-hybridized carbons (Fsp3) is 0.500. The van der Waals surface area contributed by atoms with E-state index >= 15 is 0 Å². The number of likely N-dealkylation sites (tertiary alicyclic amines) is 1. The van der Waals surface area contributed by atoms with Gasteiger partial charge in [0.05, 0.1) is 6.10 Å². The Morgan fingerprint density at radius 1 is 1.45 bits per heavy atom. The predicted molar refractivity (Wildman–Crippen MR) is 70.9 cm³/mol. The van der Waals surface area contributed by atoms with Crippen LogP contribution in [0.2, 0.25) is 0 Å². The lowest BCUT2D eigenvalue weighted by atomic mass is 9.98. The summed E-state index contributed by atoms with van der Waals surface area (Å²) in [4.78, 5) is 28.7. The minimum atomic E-state index is -1.06. The van der Waals surface area contributed by atoms with E-state index in [9.17, 15) is 14.7 Å². The first-order valence-corrected chi connectivity index (χ1v) is 6.67. The summed E-state index contributed by atoms with van der Waals surface area (Å²) in [6.07, 6.45) is 4.05. The highest BCUT2D eigenvalue weighted by atomic mass is 16.4. The molecule has 6 heteroatoms. The predicted octanol–water partition coefficient (Wildman–Crippen LogP) is 0.451. The number of piperidine rings is 1. The molecule has 2 N–H and O–H groups in total. The van der Waals surface area contributed by atoms with E-state index in [4.69, 9.17) is 5.11 Å². The molecule has 6 nitrogen and oxygen atoms in total. The van der Waals surface area contributed by atoms with Gasteiger partial charge >= 0.3 is 5.97 Å².